The molecule has 0 radical (unpaired) electrons. The van der Waals surface area contributed by atoms with Gasteiger partial charge in [0.2, 0.25) is 5.91 Å². The minimum absolute atomic E-state index is 0.0440. The van der Waals surface area contributed by atoms with Crippen LogP contribution in [0.1, 0.15) is 0 Å². The third-order valence-corrected chi connectivity index (χ3v) is 5.51. The Balaban J connectivity index is 1.61. The fourth-order valence-electron chi connectivity index (χ4n) is 3.81. The molecule has 0 bridgehead atoms. The van der Waals surface area contributed by atoms with Gasteiger partial charge in [-0.05, 0) is 49.5 Å². The fourth-order valence-corrected chi connectivity index (χ4v) is 3.81. The largest absolute Gasteiger partial charge is 0.340 e. The summed E-state index contributed by atoms with van der Waals surface area (Å²) < 4.78 is 0. The second-order valence-corrected chi connectivity index (χ2v) is 7.71. The van der Waals surface area contributed by atoms with Crippen LogP contribution in [0.25, 0.3) is 33.2 Å². The molecule has 0 atom stereocenters. The van der Waals surface area contributed by atoms with Gasteiger partial charge in [0.1, 0.15) is 5.82 Å². The Morgan fingerprint density at radius 1 is 1.03 bits per heavy atom. The molecule has 5 rings (SSSR count). The van der Waals surface area contributed by atoms with Crippen molar-refractivity contribution in [1.29, 1.82) is 0 Å². The zero-order valence-corrected chi connectivity index (χ0v) is 18.3. The Labute approximate surface area is 190 Å². The summed E-state index contributed by atoms with van der Waals surface area (Å²) in [6, 6.07) is 21.5. The van der Waals surface area contributed by atoms with E-state index in [1.165, 1.54) is 0 Å². The zero-order chi connectivity index (χ0) is 22.8. The lowest BCUT2D eigenvalue weighted by Gasteiger charge is -2.20. The molecule has 8 nitrogen and oxygen atoms in total. The van der Waals surface area contributed by atoms with Gasteiger partial charge in [0.05, 0.1) is 29.5 Å². The van der Waals surface area contributed by atoms with Gasteiger partial charge in [-0.3, -0.25) is 9.89 Å². The highest BCUT2D eigenvalue weighted by atomic mass is 16.2. The highest BCUT2D eigenvalue weighted by Crippen LogP contribution is 2.32. The lowest BCUT2D eigenvalue weighted by atomic mass is 10.1. The summed E-state index contributed by atoms with van der Waals surface area (Å²) in [6.07, 6.45) is 1.79. The van der Waals surface area contributed by atoms with Crippen molar-refractivity contribution in [1.82, 2.24) is 25.5 Å². The first-order valence-electron chi connectivity index (χ1n) is 10.6. The summed E-state index contributed by atoms with van der Waals surface area (Å²) in [5.74, 6) is 1.19. The molecule has 3 N–H and O–H groups in total. The molecule has 1 amide bonds. The number of nitrogens with zero attached hydrogens (tertiary/aromatic N) is 4. The van der Waals surface area contributed by atoms with Gasteiger partial charge < -0.3 is 15.5 Å². The number of hydrogen-bond acceptors (Lipinski definition) is 6. The number of anilines is 3. The third kappa shape index (κ3) is 3.99. The van der Waals surface area contributed by atoms with Gasteiger partial charge in [-0.25, -0.2) is 9.97 Å². The monoisotopic (exact) mass is 437 g/mol. The van der Waals surface area contributed by atoms with Crippen LogP contribution < -0.4 is 15.5 Å². The lowest BCUT2D eigenvalue weighted by Crippen LogP contribution is -2.34. The smallest absolute Gasteiger partial charge is 0.240 e. The average molecular weight is 438 g/mol. The summed E-state index contributed by atoms with van der Waals surface area (Å²) in [5.41, 5.74) is 4.21. The molecule has 2 heterocycles. The molecule has 0 aliphatic heterocycles. The number of rotatable bonds is 6. The summed E-state index contributed by atoms with van der Waals surface area (Å²) in [4.78, 5) is 23.9. The van der Waals surface area contributed by atoms with Crippen molar-refractivity contribution in [3.63, 3.8) is 0 Å². The van der Waals surface area contributed by atoms with Crippen LogP contribution in [0.4, 0.5) is 17.2 Å². The molecule has 8 heteroatoms. The Morgan fingerprint density at radius 3 is 2.73 bits per heavy atom. The van der Waals surface area contributed by atoms with Gasteiger partial charge in [0.25, 0.3) is 0 Å². The van der Waals surface area contributed by atoms with Crippen LogP contribution in [-0.2, 0) is 4.79 Å². The van der Waals surface area contributed by atoms with E-state index in [0.29, 0.717) is 11.6 Å². The number of nitrogens with one attached hydrogen (secondary N) is 3. The van der Waals surface area contributed by atoms with E-state index < -0.39 is 0 Å². The van der Waals surface area contributed by atoms with E-state index >= 15 is 0 Å². The molecule has 164 valence electrons. The molecule has 3 aromatic carbocycles. The summed E-state index contributed by atoms with van der Waals surface area (Å²) in [5, 5.41) is 15.3. The van der Waals surface area contributed by atoms with Crippen LogP contribution in [0.15, 0.2) is 72.9 Å². The number of carbonyl (C=O) groups is 1. The molecule has 0 spiro atoms. The molecular formula is C25H23N7O. The second kappa shape index (κ2) is 8.68. The molecule has 0 saturated heterocycles. The second-order valence-electron chi connectivity index (χ2n) is 7.71. The maximum atomic E-state index is 12.5. The van der Waals surface area contributed by atoms with Crippen molar-refractivity contribution in [2.24, 2.45) is 0 Å². The number of carbonyl (C=O) groups excluding carboxylic acids is 1. The van der Waals surface area contributed by atoms with Crippen molar-refractivity contribution < 1.29 is 4.79 Å². The predicted octanol–water partition coefficient (Wildman–Crippen LogP) is 4.10. The number of benzene rings is 3. The molecule has 0 aliphatic rings. The van der Waals surface area contributed by atoms with Crippen molar-refractivity contribution in [3.05, 3.63) is 72.9 Å². The van der Waals surface area contributed by atoms with E-state index in [0.717, 1.165) is 38.7 Å². The quantitative estimate of drug-likeness (QED) is 0.370. The maximum absolute atomic E-state index is 12.5. The third-order valence-electron chi connectivity index (χ3n) is 5.51. The number of para-hydroxylation sites is 2. The standard InChI is InChI=1S/C25H23N7O/c1-26-15-23(33)32(2)22-10-6-4-8-19(22)25-29-21-9-5-3-7-18(21)24(30-25)28-17-11-12-20-16(13-17)14-27-31-20/h3-14,26H,15H2,1-2H3,(H,27,31)(H,28,29,30). The van der Waals surface area contributed by atoms with Crippen LogP contribution in [0.5, 0.6) is 0 Å². The highest BCUT2D eigenvalue weighted by Gasteiger charge is 2.18. The molecular weight excluding hydrogens is 414 g/mol. The number of hydrogen-bond donors (Lipinski definition) is 3. The van der Waals surface area contributed by atoms with Gasteiger partial charge in [-0.15, -0.1) is 0 Å². The van der Waals surface area contributed by atoms with E-state index in [2.05, 4.69) is 20.8 Å². The first kappa shape index (κ1) is 20.6. The number of fused-ring (bicyclic) bond motifs is 2. The molecule has 33 heavy (non-hydrogen) atoms. The Bertz CT molecular complexity index is 1460. The lowest BCUT2D eigenvalue weighted by molar-refractivity contribution is -0.117. The zero-order valence-electron chi connectivity index (χ0n) is 18.3. The van der Waals surface area contributed by atoms with Crippen LogP contribution in [0.3, 0.4) is 0 Å². The number of likely N-dealkylation sites (N-methyl/N-ethyl adjacent to an activating group) is 2. The van der Waals surface area contributed by atoms with E-state index in [1.807, 2.05) is 66.7 Å². The molecule has 0 saturated carbocycles. The normalized spacial score (nSPS) is 11.1. The van der Waals surface area contributed by atoms with Crippen LogP contribution in [-0.4, -0.2) is 46.7 Å². The van der Waals surface area contributed by atoms with Gasteiger partial charge in [0.15, 0.2) is 5.82 Å². The van der Waals surface area contributed by atoms with Gasteiger partial charge in [-0.2, -0.15) is 5.10 Å². The van der Waals surface area contributed by atoms with Crippen molar-refractivity contribution in [3.8, 4) is 11.4 Å². The van der Waals surface area contributed by atoms with Crippen LogP contribution in [0, 0.1) is 0 Å². The molecule has 2 aromatic heterocycles. The van der Waals surface area contributed by atoms with E-state index in [4.69, 9.17) is 9.97 Å². The summed E-state index contributed by atoms with van der Waals surface area (Å²) in [6.45, 7) is 0.243. The minimum atomic E-state index is -0.0440. The van der Waals surface area contributed by atoms with Crippen LogP contribution >= 0.6 is 0 Å². The van der Waals surface area contributed by atoms with E-state index in [-0.39, 0.29) is 12.5 Å². The number of H-pyrrole nitrogens is 1. The molecule has 0 aliphatic carbocycles. The van der Waals surface area contributed by atoms with Crippen molar-refractivity contribution >= 4 is 44.9 Å². The van der Waals surface area contributed by atoms with Gasteiger partial charge in [0, 0.05) is 29.1 Å². The number of aromatic nitrogens is 4. The minimum Gasteiger partial charge on any atom is -0.340 e. The number of amides is 1. The van der Waals surface area contributed by atoms with E-state index in [9.17, 15) is 4.79 Å². The van der Waals surface area contributed by atoms with Crippen molar-refractivity contribution in [2.75, 3.05) is 30.9 Å². The van der Waals surface area contributed by atoms with Crippen molar-refractivity contribution in [2.45, 2.75) is 0 Å². The first-order chi connectivity index (χ1) is 16.1. The maximum Gasteiger partial charge on any atom is 0.240 e. The fraction of sp³-hybridized carbons (Fsp3) is 0.120. The number of aromatic amines is 1. The van der Waals surface area contributed by atoms with Gasteiger partial charge >= 0.3 is 0 Å². The topological polar surface area (TPSA) is 98.8 Å². The van der Waals surface area contributed by atoms with Crippen LogP contribution in [0.2, 0.25) is 0 Å². The van der Waals surface area contributed by atoms with E-state index in [1.54, 1.807) is 25.2 Å². The highest BCUT2D eigenvalue weighted by molar-refractivity contribution is 5.99. The molecule has 5 aromatic rings. The summed E-state index contributed by atoms with van der Waals surface area (Å²) >= 11 is 0. The first-order valence-corrected chi connectivity index (χ1v) is 10.6. The Kier molecular flexibility index (Phi) is 5.42. The predicted molar refractivity (Wildman–Crippen MR) is 132 cm³/mol. The summed E-state index contributed by atoms with van der Waals surface area (Å²) in [7, 11) is 3.52. The molecule has 0 fully saturated rings. The SMILES string of the molecule is CNCC(=O)N(C)c1ccccc1-c1nc(Nc2ccc3[nH]ncc3c2)c2ccccc2n1. The average Bonchev–Trinajstić information content (AvgIpc) is 3.31. The Morgan fingerprint density at radius 2 is 1.85 bits per heavy atom. The molecule has 0 unspecified atom stereocenters. The Hall–Kier alpha value is -4.30. The van der Waals surface area contributed by atoms with Gasteiger partial charge in [-0.1, -0.05) is 24.3 Å².